The van der Waals surface area contributed by atoms with Gasteiger partial charge in [-0.1, -0.05) is 31.1 Å². The van der Waals surface area contributed by atoms with Crippen LogP contribution in [0.4, 0.5) is 0 Å². The number of aromatic nitrogens is 4. The Labute approximate surface area is 146 Å². The highest BCUT2D eigenvalue weighted by Gasteiger charge is 2.17. The van der Waals surface area contributed by atoms with Gasteiger partial charge in [-0.25, -0.2) is 9.67 Å². The molecule has 130 valence electrons. The minimum Gasteiger partial charge on any atom is -0.351 e. The minimum absolute atomic E-state index is 0.157. The summed E-state index contributed by atoms with van der Waals surface area (Å²) in [6.07, 6.45) is 3.91. The molecule has 1 amide bonds. The summed E-state index contributed by atoms with van der Waals surface area (Å²) in [6.45, 7) is 6.12. The Kier molecular flexibility index (Phi) is 4.92. The van der Waals surface area contributed by atoms with E-state index in [0.29, 0.717) is 5.92 Å². The molecule has 2 heterocycles. The van der Waals surface area contributed by atoms with Crippen molar-refractivity contribution in [3.63, 3.8) is 0 Å². The Balaban J connectivity index is 1.64. The molecule has 3 aromatic rings. The van der Waals surface area contributed by atoms with Gasteiger partial charge in [-0.3, -0.25) is 4.79 Å². The molecule has 0 bridgehead atoms. The molecule has 0 aliphatic carbocycles. The van der Waals surface area contributed by atoms with Crippen LogP contribution in [0.1, 0.15) is 48.6 Å². The molecule has 1 aromatic carbocycles. The van der Waals surface area contributed by atoms with Crippen molar-refractivity contribution in [1.29, 1.82) is 0 Å². The van der Waals surface area contributed by atoms with E-state index in [1.54, 1.807) is 17.1 Å². The Morgan fingerprint density at radius 3 is 2.64 bits per heavy atom. The van der Waals surface area contributed by atoms with Crippen molar-refractivity contribution >= 4 is 5.91 Å². The van der Waals surface area contributed by atoms with Gasteiger partial charge in [0.05, 0.1) is 17.4 Å². The maximum atomic E-state index is 12.3. The highest BCUT2D eigenvalue weighted by atomic mass is 16.5. The Bertz CT molecular complexity index is 822. The van der Waals surface area contributed by atoms with Crippen molar-refractivity contribution in [3.8, 4) is 5.69 Å². The summed E-state index contributed by atoms with van der Waals surface area (Å²) in [5.41, 5.74) is 2.69. The normalized spacial score (nSPS) is 12.3. The second kappa shape index (κ2) is 7.29. The fraction of sp³-hybridized carbons (Fsp3) is 0.333. The number of carbonyl (C=O) groups is 1. The van der Waals surface area contributed by atoms with Crippen LogP contribution in [0.15, 0.2) is 47.5 Å². The molecule has 0 aliphatic rings. The third kappa shape index (κ3) is 4.12. The van der Waals surface area contributed by atoms with Crippen LogP contribution in [0.5, 0.6) is 0 Å². The van der Waals surface area contributed by atoms with E-state index in [9.17, 15) is 4.79 Å². The molecular formula is C18H21N5O2. The summed E-state index contributed by atoms with van der Waals surface area (Å²) in [7, 11) is 0. The zero-order chi connectivity index (χ0) is 17.8. The predicted octanol–water partition coefficient (Wildman–Crippen LogP) is 2.94. The molecule has 0 aliphatic heterocycles. The molecule has 25 heavy (non-hydrogen) atoms. The van der Waals surface area contributed by atoms with Crippen LogP contribution in [-0.2, 0) is 6.42 Å². The van der Waals surface area contributed by atoms with Crippen molar-refractivity contribution in [2.45, 2.75) is 33.2 Å². The molecule has 0 saturated carbocycles. The number of hydrogen-bond donors (Lipinski definition) is 1. The van der Waals surface area contributed by atoms with Crippen molar-refractivity contribution < 1.29 is 9.32 Å². The van der Waals surface area contributed by atoms with Gasteiger partial charge in [0, 0.05) is 6.07 Å². The number of benzene rings is 1. The standard InChI is InChI=1S/C18H21N5O2/c1-12(2)8-15-9-17(25-22-15)18(24)21-13(3)14-4-6-16(7-5-14)23-11-19-10-20-23/h4-7,9-13H,8H2,1-3H3,(H,21,24)/t13-/m1/s1. The average molecular weight is 339 g/mol. The van der Waals surface area contributed by atoms with Gasteiger partial charge in [-0.05, 0) is 37.0 Å². The smallest absolute Gasteiger partial charge is 0.290 e. The fourth-order valence-corrected chi connectivity index (χ4v) is 2.54. The lowest BCUT2D eigenvalue weighted by atomic mass is 10.1. The number of hydrogen-bond acceptors (Lipinski definition) is 5. The highest BCUT2D eigenvalue weighted by Crippen LogP contribution is 2.16. The highest BCUT2D eigenvalue weighted by molar-refractivity contribution is 5.91. The largest absolute Gasteiger partial charge is 0.351 e. The van der Waals surface area contributed by atoms with Crippen LogP contribution in [0, 0.1) is 5.92 Å². The first-order valence-electron chi connectivity index (χ1n) is 8.24. The number of amides is 1. The second-order valence-electron chi connectivity index (χ2n) is 6.41. The van der Waals surface area contributed by atoms with Crippen LogP contribution < -0.4 is 5.32 Å². The van der Waals surface area contributed by atoms with E-state index in [1.165, 1.54) is 6.33 Å². The zero-order valence-corrected chi connectivity index (χ0v) is 14.5. The molecule has 0 saturated heterocycles. The van der Waals surface area contributed by atoms with E-state index in [1.807, 2.05) is 31.2 Å². The third-order valence-corrected chi connectivity index (χ3v) is 3.82. The predicted molar refractivity (Wildman–Crippen MR) is 92.3 cm³/mol. The molecule has 3 rings (SSSR count). The first-order chi connectivity index (χ1) is 12.0. The molecule has 0 unspecified atom stereocenters. The molecule has 0 fully saturated rings. The maximum absolute atomic E-state index is 12.3. The number of nitrogens with one attached hydrogen (secondary N) is 1. The van der Waals surface area contributed by atoms with E-state index in [2.05, 4.69) is 34.4 Å². The summed E-state index contributed by atoms with van der Waals surface area (Å²) in [5.74, 6) is 0.431. The first kappa shape index (κ1) is 16.9. The van der Waals surface area contributed by atoms with E-state index >= 15 is 0 Å². The average Bonchev–Trinajstić information content (AvgIpc) is 3.26. The minimum atomic E-state index is -0.268. The summed E-state index contributed by atoms with van der Waals surface area (Å²) in [4.78, 5) is 16.2. The maximum Gasteiger partial charge on any atom is 0.290 e. The van der Waals surface area contributed by atoms with Crippen molar-refractivity contribution in [1.82, 2.24) is 25.2 Å². The van der Waals surface area contributed by atoms with Gasteiger partial charge >= 0.3 is 0 Å². The van der Waals surface area contributed by atoms with Crippen LogP contribution in [0.2, 0.25) is 0 Å². The molecule has 2 aromatic heterocycles. The molecule has 0 radical (unpaired) electrons. The van der Waals surface area contributed by atoms with E-state index in [0.717, 1.165) is 23.4 Å². The summed E-state index contributed by atoms with van der Waals surface area (Å²) < 4.78 is 6.83. The Hall–Kier alpha value is -2.96. The number of carbonyl (C=O) groups excluding carboxylic acids is 1. The van der Waals surface area contributed by atoms with Gasteiger partial charge in [0.2, 0.25) is 5.76 Å². The lowest BCUT2D eigenvalue weighted by Gasteiger charge is -2.13. The van der Waals surface area contributed by atoms with Gasteiger partial charge in [-0.2, -0.15) is 5.10 Å². The Morgan fingerprint density at radius 1 is 1.24 bits per heavy atom. The quantitative estimate of drug-likeness (QED) is 0.746. The van der Waals surface area contributed by atoms with Gasteiger partial charge in [0.25, 0.3) is 5.91 Å². The summed E-state index contributed by atoms with van der Waals surface area (Å²) in [6, 6.07) is 9.31. The van der Waals surface area contributed by atoms with Gasteiger partial charge in [-0.15, -0.1) is 0 Å². The molecular weight excluding hydrogens is 318 g/mol. The second-order valence-corrected chi connectivity index (χ2v) is 6.41. The number of rotatable bonds is 6. The van der Waals surface area contributed by atoms with Crippen LogP contribution in [-0.4, -0.2) is 25.8 Å². The fourth-order valence-electron chi connectivity index (χ4n) is 2.54. The SMILES string of the molecule is CC(C)Cc1cc(C(=O)N[C@H](C)c2ccc(-n3cncn3)cc2)on1. The first-order valence-corrected chi connectivity index (χ1v) is 8.24. The van der Waals surface area contributed by atoms with E-state index in [-0.39, 0.29) is 17.7 Å². The van der Waals surface area contributed by atoms with Gasteiger partial charge in [0.1, 0.15) is 12.7 Å². The summed E-state index contributed by atoms with van der Waals surface area (Å²) >= 11 is 0. The van der Waals surface area contributed by atoms with Gasteiger partial charge < -0.3 is 9.84 Å². The Morgan fingerprint density at radius 2 is 2.00 bits per heavy atom. The molecule has 7 heteroatoms. The number of nitrogens with zero attached hydrogens (tertiary/aromatic N) is 4. The third-order valence-electron chi connectivity index (χ3n) is 3.82. The molecule has 1 N–H and O–H groups in total. The topological polar surface area (TPSA) is 85.8 Å². The van der Waals surface area contributed by atoms with Crippen LogP contribution in [0.25, 0.3) is 5.69 Å². The van der Waals surface area contributed by atoms with Crippen LogP contribution in [0.3, 0.4) is 0 Å². The zero-order valence-electron chi connectivity index (χ0n) is 14.5. The van der Waals surface area contributed by atoms with Crippen molar-refractivity contribution in [2.75, 3.05) is 0 Å². The monoisotopic (exact) mass is 339 g/mol. The van der Waals surface area contributed by atoms with E-state index < -0.39 is 0 Å². The van der Waals surface area contributed by atoms with Crippen molar-refractivity contribution in [3.05, 3.63) is 60.0 Å². The van der Waals surface area contributed by atoms with Crippen molar-refractivity contribution in [2.24, 2.45) is 5.92 Å². The molecule has 7 nitrogen and oxygen atoms in total. The lowest BCUT2D eigenvalue weighted by Crippen LogP contribution is -2.26. The lowest BCUT2D eigenvalue weighted by molar-refractivity contribution is 0.0902. The molecule has 1 atom stereocenters. The van der Waals surface area contributed by atoms with Crippen LogP contribution >= 0.6 is 0 Å². The molecule has 0 spiro atoms. The van der Waals surface area contributed by atoms with Gasteiger partial charge in [0.15, 0.2) is 0 Å². The summed E-state index contributed by atoms with van der Waals surface area (Å²) in [5, 5.41) is 11.0. The van der Waals surface area contributed by atoms with E-state index in [4.69, 9.17) is 4.52 Å².